The average Bonchev–Trinajstić information content (AvgIpc) is 2.90. The largest absolute Gasteiger partial charge is 0.490 e. The third kappa shape index (κ3) is 10.8. The Kier molecular flexibility index (Phi) is 10.6. The van der Waals surface area contributed by atoms with Crippen molar-refractivity contribution in [2.45, 2.75) is 71.7 Å². The van der Waals surface area contributed by atoms with Crippen molar-refractivity contribution in [2.75, 3.05) is 36.9 Å². The van der Waals surface area contributed by atoms with Crippen molar-refractivity contribution in [3.63, 3.8) is 0 Å². The molecule has 2 aromatic rings. The van der Waals surface area contributed by atoms with Crippen LogP contribution in [0.2, 0.25) is 0 Å². The minimum absolute atomic E-state index is 0.0245. The molecule has 2 amide bonds. The lowest BCUT2D eigenvalue weighted by molar-refractivity contribution is -0.152. The van der Waals surface area contributed by atoms with Crippen LogP contribution in [0.1, 0.15) is 59.9 Å². The summed E-state index contributed by atoms with van der Waals surface area (Å²) >= 11 is 0. The molecule has 3 rings (SSSR count). The molecule has 2 aromatic carbocycles. The number of nitrogens with zero attached hydrogens (tertiary/aromatic N) is 2. The van der Waals surface area contributed by atoms with Gasteiger partial charge in [0, 0.05) is 25.9 Å². The van der Waals surface area contributed by atoms with Gasteiger partial charge in [-0.1, -0.05) is 0 Å². The Morgan fingerprint density at radius 3 is 2.12 bits per heavy atom. The van der Waals surface area contributed by atoms with Crippen molar-refractivity contribution in [2.24, 2.45) is 0 Å². The van der Waals surface area contributed by atoms with Gasteiger partial charge in [-0.3, -0.25) is 9.59 Å². The maximum absolute atomic E-state index is 12.6. The van der Waals surface area contributed by atoms with Crippen LogP contribution in [-0.4, -0.2) is 66.4 Å². The fourth-order valence-electron chi connectivity index (χ4n) is 4.04. The number of carbonyl (C=O) groups is 3. The van der Waals surface area contributed by atoms with Crippen LogP contribution >= 0.6 is 0 Å². The van der Waals surface area contributed by atoms with E-state index in [1.165, 1.54) is 6.07 Å². The summed E-state index contributed by atoms with van der Waals surface area (Å²) in [4.78, 5) is 38.7. The second kappa shape index (κ2) is 13.9. The van der Waals surface area contributed by atoms with E-state index in [-0.39, 0.29) is 25.3 Å². The highest BCUT2D eigenvalue weighted by Crippen LogP contribution is 2.25. The first kappa shape index (κ1) is 32.1. The molecule has 1 aliphatic heterocycles. The molecule has 11 heteroatoms. The number of amides is 2. The van der Waals surface area contributed by atoms with Gasteiger partial charge >= 0.3 is 12.1 Å². The Bertz CT molecular complexity index is 1280. The number of ether oxygens (including phenoxy) is 4. The molecule has 11 nitrogen and oxygen atoms in total. The van der Waals surface area contributed by atoms with E-state index in [4.69, 9.17) is 18.9 Å². The van der Waals surface area contributed by atoms with E-state index < -0.39 is 23.1 Å². The van der Waals surface area contributed by atoms with E-state index in [0.29, 0.717) is 54.4 Å². The number of hydrogen-bond acceptors (Lipinski definition) is 9. The monoisotopic (exact) mass is 580 g/mol. The smallest absolute Gasteiger partial charge is 0.410 e. The van der Waals surface area contributed by atoms with Gasteiger partial charge in [0.1, 0.15) is 35.3 Å². The Morgan fingerprint density at radius 2 is 1.52 bits per heavy atom. The molecule has 226 valence electrons. The van der Waals surface area contributed by atoms with Gasteiger partial charge in [-0.05, 0) is 84.0 Å². The first-order valence-corrected chi connectivity index (χ1v) is 13.9. The van der Waals surface area contributed by atoms with Gasteiger partial charge in [-0.2, -0.15) is 5.26 Å². The number of likely N-dealkylation sites (tertiary alicyclic amines) is 1. The zero-order valence-corrected chi connectivity index (χ0v) is 25.1. The number of nitrogens with one attached hydrogen (secondary N) is 2. The van der Waals surface area contributed by atoms with Crippen molar-refractivity contribution in [1.82, 2.24) is 4.90 Å². The predicted molar refractivity (Wildman–Crippen MR) is 158 cm³/mol. The Hall–Kier alpha value is -4.46. The molecule has 0 aromatic heterocycles. The quantitative estimate of drug-likeness (QED) is 0.387. The standard InChI is InChI=1S/C31H40N4O7/c1-30(2,3)41-28(37)19-33-25-12-7-21(18-32)17-26(25)34-27(36)20-39-22-8-10-23(11-9-22)40-24-13-15-35(16-14-24)29(38)42-31(4,5)6/h7-12,17,24,33H,13-16,19-20H2,1-6H3,(H,34,36). The van der Waals surface area contributed by atoms with E-state index in [0.717, 1.165) is 0 Å². The molecule has 0 saturated carbocycles. The van der Waals surface area contributed by atoms with Gasteiger partial charge in [0.2, 0.25) is 0 Å². The van der Waals surface area contributed by atoms with Crippen LogP contribution in [0.25, 0.3) is 0 Å². The lowest BCUT2D eigenvalue weighted by Crippen LogP contribution is -2.44. The molecule has 0 atom stereocenters. The summed E-state index contributed by atoms with van der Waals surface area (Å²) < 4.78 is 22.4. The molecule has 1 saturated heterocycles. The third-order valence-electron chi connectivity index (χ3n) is 5.86. The number of rotatable bonds is 9. The summed E-state index contributed by atoms with van der Waals surface area (Å²) in [7, 11) is 0. The summed E-state index contributed by atoms with van der Waals surface area (Å²) in [6, 6.07) is 13.7. The fourth-order valence-corrected chi connectivity index (χ4v) is 4.04. The minimum Gasteiger partial charge on any atom is -0.490 e. The van der Waals surface area contributed by atoms with Crippen LogP contribution in [0, 0.1) is 11.3 Å². The van der Waals surface area contributed by atoms with E-state index in [1.807, 2.05) is 26.8 Å². The van der Waals surface area contributed by atoms with E-state index in [9.17, 15) is 19.6 Å². The molecule has 1 aliphatic rings. The molecule has 0 radical (unpaired) electrons. The molecule has 1 fully saturated rings. The molecular weight excluding hydrogens is 540 g/mol. The molecular formula is C31H40N4O7. The van der Waals surface area contributed by atoms with Crippen LogP contribution in [0.4, 0.5) is 16.2 Å². The number of nitriles is 1. The topological polar surface area (TPSA) is 139 Å². The highest BCUT2D eigenvalue weighted by Gasteiger charge is 2.27. The second-order valence-corrected chi connectivity index (χ2v) is 11.9. The first-order valence-electron chi connectivity index (χ1n) is 13.9. The number of carbonyl (C=O) groups excluding carboxylic acids is 3. The number of hydrogen-bond donors (Lipinski definition) is 2. The Balaban J connectivity index is 1.47. The fraction of sp³-hybridized carbons (Fsp3) is 0.484. The predicted octanol–water partition coefficient (Wildman–Crippen LogP) is 5.11. The van der Waals surface area contributed by atoms with Crippen LogP contribution < -0.4 is 20.1 Å². The molecule has 0 bridgehead atoms. The van der Waals surface area contributed by atoms with Crippen LogP contribution in [0.3, 0.4) is 0 Å². The maximum Gasteiger partial charge on any atom is 0.410 e. The molecule has 0 aliphatic carbocycles. The normalized spacial score (nSPS) is 13.9. The molecule has 42 heavy (non-hydrogen) atoms. The summed E-state index contributed by atoms with van der Waals surface area (Å²) in [5, 5.41) is 14.9. The highest BCUT2D eigenvalue weighted by molar-refractivity contribution is 5.96. The molecule has 0 unspecified atom stereocenters. The van der Waals surface area contributed by atoms with Gasteiger partial charge in [0.25, 0.3) is 5.91 Å². The zero-order valence-electron chi connectivity index (χ0n) is 25.1. The lowest BCUT2D eigenvalue weighted by Gasteiger charge is -2.33. The highest BCUT2D eigenvalue weighted by atomic mass is 16.6. The van der Waals surface area contributed by atoms with Crippen molar-refractivity contribution in [3.8, 4) is 17.6 Å². The molecule has 2 N–H and O–H groups in total. The molecule has 1 heterocycles. The van der Waals surface area contributed by atoms with Crippen LogP contribution in [0.5, 0.6) is 11.5 Å². The number of piperidine rings is 1. The van der Waals surface area contributed by atoms with Gasteiger partial charge in [0.15, 0.2) is 6.61 Å². The third-order valence-corrected chi connectivity index (χ3v) is 5.86. The van der Waals surface area contributed by atoms with Crippen molar-refractivity contribution in [3.05, 3.63) is 48.0 Å². The van der Waals surface area contributed by atoms with Crippen molar-refractivity contribution in [1.29, 1.82) is 5.26 Å². The summed E-state index contributed by atoms with van der Waals surface area (Å²) in [6.45, 7) is 11.6. The first-order chi connectivity index (χ1) is 19.7. The van der Waals surface area contributed by atoms with Gasteiger partial charge in [0.05, 0.1) is 23.0 Å². The van der Waals surface area contributed by atoms with Gasteiger partial charge in [-0.15, -0.1) is 0 Å². The Morgan fingerprint density at radius 1 is 0.905 bits per heavy atom. The summed E-state index contributed by atoms with van der Waals surface area (Å²) in [5.41, 5.74) is 0.00342. The summed E-state index contributed by atoms with van der Waals surface area (Å²) in [6.07, 6.45) is 1.06. The van der Waals surface area contributed by atoms with Gasteiger partial charge < -0.3 is 34.5 Å². The van der Waals surface area contributed by atoms with Crippen molar-refractivity contribution < 1.29 is 33.3 Å². The molecule has 0 spiro atoms. The Labute approximate surface area is 247 Å². The van der Waals surface area contributed by atoms with Crippen LogP contribution in [-0.2, 0) is 19.1 Å². The average molecular weight is 581 g/mol. The van der Waals surface area contributed by atoms with Gasteiger partial charge in [-0.25, -0.2) is 4.79 Å². The SMILES string of the molecule is CC(C)(C)OC(=O)CNc1ccc(C#N)cc1NC(=O)COc1ccc(OC2CCN(C(=O)OC(C)(C)C)CC2)cc1. The second-order valence-electron chi connectivity index (χ2n) is 11.9. The minimum atomic E-state index is -0.622. The van der Waals surface area contributed by atoms with E-state index >= 15 is 0 Å². The van der Waals surface area contributed by atoms with Crippen molar-refractivity contribution >= 4 is 29.3 Å². The summed E-state index contributed by atoms with van der Waals surface area (Å²) in [5.74, 6) is 0.247. The maximum atomic E-state index is 12.6. The number of esters is 1. The van der Waals surface area contributed by atoms with Crippen LogP contribution in [0.15, 0.2) is 42.5 Å². The zero-order chi connectivity index (χ0) is 30.9. The number of anilines is 2. The van der Waals surface area contributed by atoms with E-state index in [1.54, 1.807) is 62.1 Å². The van der Waals surface area contributed by atoms with E-state index in [2.05, 4.69) is 10.6 Å². The number of benzene rings is 2. The lowest BCUT2D eigenvalue weighted by atomic mass is 10.1.